The molecule has 3 aromatic carbocycles. The first-order valence-corrected chi connectivity index (χ1v) is 17.9. The molecule has 0 spiro atoms. The average Bonchev–Trinajstić information content (AvgIpc) is 3.01. The second-order valence-electron chi connectivity index (χ2n) is 12.4. The summed E-state index contributed by atoms with van der Waals surface area (Å²) < 4.78 is 32.4. The van der Waals surface area contributed by atoms with Crippen LogP contribution >= 0.6 is 0 Å². The summed E-state index contributed by atoms with van der Waals surface area (Å²) in [5.74, 6) is 6.47. The minimum atomic E-state index is -1.97. The smallest absolute Gasteiger partial charge is 0.193 e. The molecule has 1 aliphatic rings. The van der Waals surface area contributed by atoms with Gasteiger partial charge in [0, 0.05) is 0 Å². The van der Waals surface area contributed by atoms with Gasteiger partial charge in [-0.2, -0.15) is 0 Å². The first kappa shape index (κ1) is 33.1. The summed E-state index contributed by atoms with van der Waals surface area (Å²) in [6.07, 6.45) is -3.02. The molecule has 7 heteroatoms. The maximum absolute atomic E-state index is 10.5. The molecule has 1 saturated heterocycles. The van der Waals surface area contributed by atoms with Gasteiger partial charge in [0.05, 0.1) is 33.0 Å². The molecule has 0 radical (unpaired) electrons. The Kier molecular flexibility index (Phi) is 12.1. The normalized spacial score (nSPS) is 22.5. The van der Waals surface area contributed by atoms with Gasteiger partial charge in [0.2, 0.25) is 0 Å². The fourth-order valence-electron chi connectivity index (χ4n) is 4.63. The first-order valence-electron chi connectivity index (χ1n) is 15.0. The average molecular weight is 603 g/mol. The van der Waals surface area contributed by atoms with E-state index in [1.165, 1.54) is 0 Å². The first-order chi connectivity index (χ1) is 20.7. The molecular weight excluding hydrogens is 556 g/mol. The Morgan fingerprint density at radius 3 is 1.58 bits per heavy atom. The van der Waals surface area contributed by atoms with Crippen molar-refractivity contribution in [2.75, 3.05) is 13.2 Å². The predicted molar refractivity (Wildman–Crippen MR) is 172 cm³/mol. The molecule has 1 heterocycles. The van der Waals surface area contributed by atoms with Crippen molar-refractivity contribution in [2.24, 2.45) is 0 Å². The summed E-state index contributed by atoms with van der Waals surface area (Å²) in [5, 5.41) is 10.6. The fraction of sp³-hybridized carbons (Fsp3) is 0.444. The van der Waals surface area contributed by atoms with E-state index in [-0.39, 0.29) is 11.6 Å². The lowest BCUT2D eigenvalue weighted by atomic mass is 9.94. The molecule has 0 aromatic heterocycles. The molecule has 1 fully saturated rings. The SMILES string of the molecule is CC(C)(C)[Si](C)(C)OCC#C[C@H]1O[C@H](CO)[C@H](OCc2ccccc2)[C@H](OCc2ccccc2)[C@H]1OCc1ccccc1. The minimum Gasteiger partial charge on any atom is -0.406 e. The van der Waals surface area contributed by atoms with Crippen LogP contribution in [0.25, 0.3) is 0 Å². The summed E-state index contributed by atoms with van der Waals surface area (Å²) >= 11 is 0. The van der Waals surface area contributed by atoms with E-state index in [9.17, 15) is 5.11 Å². The third kappa shape index (κ3) is 9.59. The molecule has 1 N–H and O–H groups in total. The molecule has 1 aliphatic heterocycles. The van der Waals surface area contributed by atoms with E-state index in [4.69, 9.17) is 23.4 Å². The van der Waals surface area contributed by atoms with E-state index in [2.05, 4.69) is 45.7 Å². The maximum Gasteiger partial charge on any atom is 0.193 e. The zero-order valence-electron chi connectivity index (χ0n) is 26.1. The summed E-state index contributed by atoms with van der Waals surface area (Å²) in [6.45, 7) is 12.2. The summed E-state index contributed by atoms with van der Waals surface area (Å²) in [4.78, 5) is 0. The number of aliphatic hydroxyl groups excluding tert-OH is 1. The Bertz CT molecular complexity index is 1280. The number of benzene rings is 3. The second kappa shape index (κ2) is 15.8. The van der Waals surface area contributed by atoms with Gasteiger partial charge in [-0.25, -0.2) is 0 Å². The highest BCUT2D eigenvalue weighted by Crippen LogP contribution is 2.36. The van der Waals surface area contributed by atoms with Gasteiger partial charge in [0.1, 0.15) is 30.5 Å². The van der Waals surface area contributed by atoms with Crippen LogP contribution in [-0.2, 0) is 43.2 Å². The van der Waals surface area contributed by atoms with Gasteiger partial charge in [0.25, 0.3) is 0 Å². The van der Waals surface area contributed by atoms with Crippen LogP contribution in [0.4, 0.5) is 0 Å². The van der Waals surface area contributed by atoms with Gasteiger partial charge in [-0.1, -0.05) is 124 Å². The van der Waals surface area contributed by atoms with Crippen LogP contribution in [-0.4, -0.2) is 57.2 Å². The van der Waals surface area contributed by atoms with Crippen LogP contribution in [0.2, 0.25) is 18.1 Å². The van der Waals surface area contributed by atoms with Gasteiger partial charge in [-0.15, -0.1) is 0 Å². The lowest BCUT2D eigenvalue weighted by Gasteiger charge is -2.44. The highest BCUT2D eigenvalue weighted by atomic mass is 28.4. The number of aliphatic hydroxyl groups is 1. The van der Waals surface area contributed by atoms with Crippen LogP contribution in [0.5, 0.6) is 0 Å². The molecule has 0 unspecified atom stereocenters. The van der Waals surface area contributed by atoms with Gasteiger partial charge in [0.15, 0.2) is 8.32 Å². The molecule has 43 heavy (non-hydrogen) atoms. The van der Waals surface area contributed by atoms with E-state index in [1.807, 2.05) is 91.0 Å². The van der Waals surface area contributed by atoms with E-state index in [1.54, 1.807) is 0 Å². The van der Waals surface area contributed by atoms with Crippen molar-refractivity contribution in [1.29, 1.82) is 0 Å². The Labute approximate surface area is 258 Å². The molecule has 230 valence electrons. The van der Waals surface area contributed by atoms with Crippen molar-refractivity contribution >= 4 is 8.32 Å². The van der Waals surface area contributed by atoms with Crippen molar-refractivity contribution in [3.05, 3.63) is 108 Å². The molecule has 3 aromatic rings. The van der Waals surface area contributed by atoms with Crippen LogP contribution in [0.1, 0.15) is 37.5 Å². The lowest BCUT2D eigenvalue weighted by Crippen LogP contribution is -2.60. The van der Waals surface area contributed by atoms with Crippen LogP contribution < -0.4 is 0 Å². The van der Waals surface area contributed by atoms with Crippen LogP contribution in [0.15, 0.2) is 91.0 Å². The molecule has 5 atom stereocenters. The fourth-order valence-corrected chi connectivity index (χ4v) is 5.49. The van der Waals surface area contributed by atoms with Crippen molar-refractivity contribution in [2.45, 2.75) is 89.2 Å². The standard InChI is InChI=1S/C36H46O6Si/c1-36(2,3)43(4,5)41-23-15-22-31-33(38-25-28-16-9-6-10-17-28)35(40-27-30-20-13-8-14-21-30)34(32(24-37)42-31)39-26-29-18-11-7-12-19-29/h6-14,16-21,31-35,37H,23-27H2,1-5H3/t31-,32-,33+,34+,35-/m1/s1. The van der Waals surface area contributed by atoms with Gasteiger partial charge < -0.3 is 28.5 Å². The lowest BCUT2D eigenvalue weighted by molar-refractivity contribution is -0.258. The van der Waals surface area contributed by atoms with Gasteiger partial charge in [-0.05, 0) is 34.8 Å². The monoisotopic (exact) mass is 602 g/mol. The van der Waals surface area contributed by atoms with Crippen molar-refractivity contribution in [3.8, 4) is 11.8 Å². The molecule has 0 amide bonds. The number of rotatable bonds is 12. The zero-order chi connectivity index (χ0) is 30.7. The highest BCUT2D eigenvalue weighted by Gasteiger charge is 2.47. The van der Waals surface area contributed by atoms with E-state index >= 15 is 0 Å². The molecule has 0 bridgehead atoms. The molecule has 6 nitrogen and oxygen atoms in total. The summed E-state index contributed by atoms with van der Waals surface area (Å²) in [6, 6.07) is 30.0. The van der Waals surface area contributed by atoms with Crippen LogP contribution in [0.3, 0.4) is 0 Å². The van der Waals surface area contributed by atoms with E-state index < -0.39 is 38.8 Å². The third-order valence-electron chi connectivity index (χ3n) is 8.23. The maximum atomic E-state index is 10.5. The summed E-state index contributed by atoms with van der Waals surface area (Å²) in [5.41, 5.74) is 3.08. The Morgan fingerprint density at radius 1 is 0.698 bits per heavy atom. The molecule has 0 saturated carbocycles. The topological polar surface area (TPSA) is 66.4 Å². The Balaban J connectivity index is 1.61. The van der Waals surface area contributed by atoms with Crippen LogP contribution in [0, 0.1) is 11.8 Å². The quantitative estimate of drug-likeness (QED) is 0.188. The van der Waals surface area contributed by atoms with Crippen molar-refractivity contribution < 1.29 is 28.5 Å². The highest BCUT2D eigenvalue weighted by molar-refractivity contribution is 6.74. The molecule has 4 rings (SSSR count). The van der Waals surface area contributed by atoms with Gasteiger partial charge in [-0.3, -0.25) is 0 Å². The Hall–Kier alpha value is -2.80. The molecule has 0 aliphatic carbocycles. The minimum absolute atomic E-state index is 0.0824. The molecular formula is C36H46O6Si. The van der Waals surface area contributed by atoms with Gasteiger partial charge >= 0.3 is 0 Å². The van der Waals surface area contributed by atoms with Crippen molar-refractivity contribution in [3.63, 3.8) is 0 Å². The number of hydrogen-bond acceptors (Lipinski definition) is 6. The zero-order valence-corrected chi connectivity index (χ0v) is 27.1. The van der Waals surface area contributed by atoms with Crippen molar-refractivity contribution in [1.82, 2.24) is 0 Å². The Morgan fingerprint density at radius 2 is 1.14 bits per heavy atom. The number of ether oxygens (including phenoxy) is 4. The van der Waals surface area contributed by atoms with E-state index in [0.717, 1.165) is 16.7 Å². The summed E-state index contributed by atoms with van der Waals surface area (Å²) in [7, 11) is -1.97. The van der Waals surface area contributed by atoms with E-state index in [0.29, 0.717) is 26.4 Å². The number of hydrogen-bond donors (Lipinski definition) is 1. The third-order valence-corrected chi connectivity index (χ3v) is 12.7. The largest absolute Gasteiger partial charge is 0.406 e. The second-order valence-corrected chi connectivity index (χ2v) is 17.2. The predicted octanol–water partition coefficient (Wildman–Crippen LogP) is 6.53.